The Kier molecular flexibility index (Phi) is 8.46. The summed E-state index contributed by atoms with van der Waals surface area (Å²) >= 11 is 1.90. The third kappa shape index (κ3) is 5.26. The van der Waals surface area contributed by atoms with Gasteiger partial charge in [-0.2, -0.15) is 0 Å². The van der Waals surface area contributed by atoms with Crippen molar-refractivity contribution in [2.45, 2.75) is 15.2 Å². The van der Waals surface area contributed by atoms with Crippen molar-refractivity contribution in [2.24, 2.45) is 0 Å². The molecule has 0 N–H and O–H groups in total. The van der Waals surface area contributed by atoms with Gasteiger partial charge in [0, 0.05) is 20.6 Å². The van der Waals surface area contributed by atoms with E-state index in [1.165, 1.54) is 103 Å². The fourth-order valence-electron chi connectivity index (χ4n) is 11.3. The molecule has 0 unspecified atom stereocenters. The Balaban J connectivity index is 1.24. The molecule has 11 aromatic rings. The van der Waals surface area contributed by atoms with E-state index in [4.69, 9.17) is 0 Å². The van der Waals surface area contributed by atoms with Gasteiger partial charge in [0.1, 0.15) is 0 Å². The van der Waals surface area contributed by atoms with E-state index in [1.54, 1.807) is 0 Å². The van der Waals surface area contributed by atoms with E-state index in [9.17, 15) is 0 Å². The molecule has 1 aromatic heterocycles. The molecule has 1 nitrogen and oxygen atoms in total. The van der Waals surface area contributed by atoms with Gasteiger partial charge in [0.15, 0.2) is 8.07 Å². The van der Waals surface area contributed by atoms with Crippen molar-refractivity contribution in [2.75, 3.05) is 0 Å². The highest BCUT2D eigenvalue weighted by Crippen LogP contribution is 2.61. The molecule has 2 aliphatic rings. The number of hydrogen-bond donors (Lipinski definition) is 0. The normalized spacial score (nSPS) is 13.4. The summed E-state index contributed by atoms with van der Waals surface area (Å²) in [6, 6.07) is 94.0. The Bertz CT molecular complexity index is 3420. The molecule has 13 rings (SSSR count). The van der Waals surface area contributed by atoms with Gasteiger partial charge < -0.3 is 4.57 Å². The molecule has 0 saturated heterocycles. The SMILES string of the molecule is c1ccc(-c2ccc3c(c2)c2cc(-c4ccccc4)cc4c2n3-c2cc([Si](c3ccccc3)(c3ccccc3)c3ccccc3)ccc2C42c3ccccc3Sc3ccccc32)cc1. The third-order valence-corrected chi connectivity index (χ3v) is 19.9. The molecule has 0 saturated carbocycles. The summed E-state index contributed by atoms with van der Waals surface area (Å²) < 4.78 is 2.64. The maximum absolute atomic E-state index is 2.91. The van der Waals surface area contributed by atoms with Gasteiger partial charge in [0.2, 0.25) is 0 Å². The predicted molar refractivity (Wildman–Crippen MR) is 271 cm³/mol. The molecular formula is C61H41NSSi. The largest absolute Gasteiger partial charge is 0.309 e. The number of fused-ring (bicyclic) bond motifs is 11. The van der Waals surface area contributed by atoms with Gasteiger partial charge in [-0.15, -0.1) is 0 Å². The van der Waals surface area contributed by atoms with Crippen LogP contribution in [0.3, 0.4) is 0 Å². The number of benzene rings is 10. The minimum Gasteiger partial charge on any atom is -0.309 e. The zero-order valence-corrected chi connectivity index (χ0v) is 36.8. The zero-order valence-electron chi connectivity index (χ0n) is 35.0. The molecule has 3 heteroatoms. The van der Waals surface area contributed by atoms with Crippen LogP contribution in [0.2, 0.25) is 0 Å². The molecule has 64 heavy (non-hydrogen) atoms. The van der Waals surface area contributed by atoms with Crippen molar-refractivity contribution < 1.29 is 0 Å². The van der Waals surface area contributed by atoms with Crippen LogP contribution in [-0.4, -0.2) is 12.6 Å². The van der Waals surface area contributed by atoms with Crippen molar-refractivity contribution >= 4 is 62.4 Å². The lowest BCUT2D eigenvalue weighted by atomic mass is 9.62. The summed E-state index contributed by atoms with van der Waals surface area (Å²) in [6.45, 7) is 0. The van der Waals surface area contributed by atoms with Gasteiger partial charge in [-0.3, -0.25) is 0 Å². The smallest absolute Gasteiger partial charge is 0.179 e. The highest BCUT2D eigenvalue weighted by atomic mass is 32.2. The van der Waals surface area contributed by atoms with Crippen LogP contribution < -0.4 is 20.7 Å². The van der Waals surface area contributed by atoms with E-state index in [0.29, 0.717) is 0 Å². The maximum atomic E-state index is 2.64. The van der Waals surface area contributed by atoms with Gasteiger partial charge in [-0.25, -0.2) is 0 Å². The van der Waals surface area contributed by atoms with Crippen LogP contribution in [0.15, 0.2) is 259 Å². The van der Waals surface area contributed by atoms with E-state index in [2.05, 4.69) is 253 Å². The molecule has 10 aromatic carbocycles. The summed E-state index contributed by atoms with van der Waals surface area (Å²) in [7, 11) is -2.91. The van der Waals surface area contributed by atoms with Gasteiger partial charge in [-0.05, 0) is 108 Å². The van der Waals surface area contributed by atoms with E-state index in [1.807, 2.05) is 11.8 Å². The van der Waals surface area contributed by atoms with Crippen LogP contribution >= 0.6 is 11.8 Å². The van der Waals surface area contributed by atoms with Crippen molar-refractivity contribution in [1.29, 1.82) is 0 Å². The van der Waals surface area contributed by atoms with Crippen molar-refractivity contribution in [3.05, 3.63) is 271 Å². The standard InChI is InChI=1S/C61H41NSSi/c1-6-20-42(21-7-1)44-34-37-56-50(38-44)51-39-45(43-22-8-2-9-23-43)40-55-60(51)62(56)57-41-49(35-36-52(57)61(55)53-30-16-18-32-58(53)63-59-33-19-17-31-54(59)61)64(46-24-10-3-11-25-46,47-26-12-4-13-27-47)48-28-14-5-15-29-48/h1-41H. The second-order valence-electron chi connectivity index (χ2n) is 17.1. The van der Waals surface area contributed by atoms with Crippen molar-refractivity contribution in [3.63, 3.8) is 0 Å². The monoisotopic (exact) mass is 847 g/mol. The maximum Gasteiger partial charge on any atom is 0.179 e. The van der Waals surface area contributed by atoms with E-state index in [0.717, 1.165) is 0 Å². The first kappa shape index (κ1) is 37.2. The topological polar surface area (TPSA) is 4.93 Å². The lowest BCUT2D eigenvalue weighted by molar-refractivity contribution is 0.690. The molecule has 2 aliphatic heterocycles. The highest BCUT2D eigenvalue weighted by Gasteiger charge is 2.51. The third-order valence-electron chi connectivity index (χ3n) is 14.0. The summed E-state index contributed by atoms with van der Waals surface area (Å²) in [5.41, 5.74) is 13.3. The number of hydrogen-bond acceptors (Lipinski definition) is 1. The Hall–Kier alpha value is -7.43. The Labute approximate surface area is 379 Å². The zero-order chi connectivity index (χ0) is 42.2. The fourth-order valence-corrected chi connectivity index (χ4v) is 17.3. The number of rotatable bonds is 6. The van der Waals surface area contributed by atoms with E-state index < -0.39 is 13.5 Å². The average Bonchev–Trinajstić information content (AvgIpc) is 3.71. The Morgan fingerprint density at radius 1 is 0.328 bits per heavy atom. The van der Waals surface area contributed by atoms with Crippen LogP contribution in [-0.2, 0) is 5.41 Å². The van der Waals surface area contributed by atoms with Gasteiger partial charge in [-0.1, -0.05) is 218 Å². The lowest BCUT2D eigenvalue weighted by Crippen LogP contribution is -2.74. The first-order valence-corrected chi connectivity index (χ1v) is 25.0. The summed E-state index contributed by atoms with van der Waals surface area (Å²) in [5.74, 6) is 0. The summed E-state index contributed by atoms with van der Waals surface area (Å²) in [5, 5.41) is 7.98. The predicted octanol–water partition coefficient (Wildman–Crippen LogP) is 12.7. The number of nitrogens with zero attached hydrogens (tertiary/aromatic N) is 1. The van der Waals surface area contributed by atoms with Gasteiger partial charge in [0.25, 0.3) is 0 Å². The summed E-state index contributed by atoms with van der Waals surface area (Å²) in [6.07, 6.45) is 0. The van der Waals surface area contributed by atoms with Crippen LogP contribution in [0.25, 0.3) is 49.7 Å². The second-order valence-corrected chi connectivity index (χ2v) is 22.0. The van der Waals surface area contributed by atoms with E-state index >= 15 is 0 Å². The van der Waals surface area contributed by atoms with Crippen LogP contribution in [0.1, 0.15) is 22.3 Å². The van der Waals surface area contributed by atoms with Gasteiger partial charge >= 0.3 is 0 Å². The summed E-state index contributed by atoms with van der Waals surface area (Å²) in [4.78, 5) is 2.60. The molecule has 1 spiro atoms. The minimum atomic E-state index is -2.91. The molecular weight excluding hydrogens is 807 g/mol. The van der Waals surface area contributed by atoms with Crippen molar-refractivity contribution in [1.82, 2.24) is 4.57 Å². The van der Waals surface area contributed by atoms with Crippen LogP contribution in [0.5, 0.6) is 0 Å². The fraction of sp³-hybridized carbons (Fsp3) is 0.0164. The molecule has 0 fully saturated rings. The minimum absolute atomic E-state index is 0.613. The molecule has 300 valence electrons. The molecule has 0 bridgehead atoms. The van der Waals surface area contributed by atoms with Crippen LogP contribution in [0.4, 0.5) is 0 Å². The van der Waals surface area contributed by atoms with E-state index in [-0.39, 0.29) is 0 Å². The first-order valence-electron chi connectivity index (χ1n) is 22.2. The molecule has 0 atom stereocenters. The average molecular weight is 848 g/mol. The number of aromatic nitrogens is 1. The van der Waals surface area contributed by atoms with Crippen molar-refractivity contribution in [3.8, 4) is 27.9 Å². The molecule has 0 amide bonds. The molecule has 0 aliphatic carbocycles. The quantitative estimate of drug-likeness (QED) is 0.119. The Morgan fingerprint density at radius 2 is 0.812 bits per heavy atom. The van der Waals surface area contributed by atoms with Crippen LogP contribution in [0, 0.1) is 0 Å². The lowest BCUT2D eigenvalue weighted by Gasteiger charge is -2.46. The van der Waals surface area contributed by atoms with Gasteiger partial charge in [0.05, 0.1) is 22.1 Å². The Morgan fingerprint density at radius 3 is 1.38 bits per heavy atom. The second kappa shape index (κ2) is 14.6. The first-order chi connectivity index (χ1) is 31.7. The molecule has 3 heterocycles. The molecule has 0 radical (unpaired) electrons. The highest BCUT2D eigenvalue weighted by molar-refractivity contribution is 7.99.